The predicted octanol–water partition coefficient (Wildman–Crippen LogP) is 2.72. The quantitative estimate of drug-likeness (QED) is 0.945. The monoisotopic (exact) mass is 289 g/mol. The van der Waals surface area contributed by atoms with E-state index in [1.54, 1.807) is 16.2 Å². The third-order valence-electron chi connectivity index (χ3n) is 3.77. The lowest BCUT2D eigenvalue weighted by Crippen LogP contribution is -2.41. The summed E-state index contributed by atoms with van der Waals surface area (Å²) >= 11 is 1.66. The summed E-state index contributed by atoms with van der Waals surface area (Å²) in [4.78, 5) is 24.7. The van der Waals surface area contributed by atoms with Crippen LogP contribution in [-0.4, -0.2) is 28.4 Å². The number of carbonyl (C=O) groups is 2. The van der Waals surface area contributed by atoms with E-state index < -0.39 is 11.9 Å². The number of amides is 1. The van der Waals surface area contributed by atoms with Gasteiger partial charge in [-0.05, 0) is 28.8 Å². The van der Waals surface area contributed by atoms with Crippen LogP contribution in [0.3, 0.4) is 0 Å². The lowest BCUT2D eigenvalue weighted by atomic mass is 9.97. The fraction of sp³-hybridized carbons (Fsp3) is 0.333. The second kappa shape index (κ2) is 5.25. The Morgan fingerprint density at radius 2 is 2.20 bits per heavy atom. The maximum absolute atomic E-state index is 12.0. The smallest absolute Gasteiger partial charge is 0.308 e. The number of hydrogen-bond donors (Lipinski definition) is 1. The molecule has 104 valence electrons. The Balaban J connectivity index is 1.82. The molecule has 0 radical (unpaired) electrons. The molecule has 5 heteroatoms. The molecule has 0 aliphatic carbocycles. The van der Waals surface area contributed by atoms with E-state index in [-0.39, 0.29) is 5.91 Å². The molecule has 1 fully saturated rings. The second-order valence-electron chi connectivity index (χ2n) is 5.11. The summed E-state index contributed by atoms with van der Waals surface area (Å²) < 4.78 is 1.20. The van der Waals surface area contributed by atoms with Crippen molar-refractivity contribution in [1.82, 2.24) is 4.90 Å². The highest BCUT2D eigenvalue weighted by atomic mass is 32.1. The van der Waals surface area contributed by atoms with Crippen molar-refractivity contribution in [2.24, 2.45) is 5.92 Å². The highest BCUT2D eigenvalue weighted by molar-refractivity contribution is 7.17. The van der Waals surface area contributed by atoms with E-state index in [0.717, 1.165) is 10.9 Å². The largest absolute Gasteiger partial charge is 0.481 e. The van der Waals surface area contributed by atoms with E-state index in [9.17, 15) is 9.59 Å². The number of nitrogens with zero attached hydrogens (tertiary/aromatic N) is 1. The molecule has 1 saturated heterocycles. The zero-order chi connectivity index (χ0) is 14.1. The molecule has 2 aromatic rings. The third kappa shape index (κ3) is 2.41. The summed E-state index contributed by atoms with van der Waals surface area (Å²) in [6.45, 7) is 0.824. The van der Waals surface area contributed by atoms with Crippen molar-refractivity contribution in [3.63, 3.8) is 0 Å². The average Bonchev–Trinajstić information content (AvgIpc) is 2.84. The first-order chi connectivity index (χ1) is 9.65. The maximum atomic E-state index is 12.0. The number of likely N-dealkylation sites (tertiary alicyclic amines) is 1. The van der Waals surface area contributed by atoms with Crippen LogP contribution < -0.4 is 0 Å². The van der Waals surface area contributed by atoms with E-state index in [1.165, 1.54) is 4.70 Å². The van der Waals surface area contributed by atoms with Crippen LogP contribution in [-0.2, 0) is 16.1 Å². The maximum Gasteiger partial charge on any atom is 0.308 e. The minimum Gasteiger partial charge on any atom is -0.481 e. The second-order valence-corrected chi connectivity index (χ2v) is 6.02. The molecular formula is C15H15NO3S. The fourth-order valence-corrected chi connectivity index (χ4v) is 3.58. The molecule has 1 aromatic carbocycles. The molecule has 1 N–H and O–H groups in total. The van der Waals surface area contributed by atoms with Gasteiger partial charge >= 0.3 is 5.97 Å². The van der Waals surface area contributed by atoms with Crippen molar-refractivity contribution in [3.05, 3.63) is 35.2 Å². The Kier molecular flexibility index (Phi) is 3.44. The van der Waals surface area contributed by atoms with Gasteiger partial charge in [-0.25, -0.2) is 0 Å². The van der Waals surface area contributed by atoms with Crippen LogP contribution in [0.15, 0.2) is 29.6 Å². The number of rotatable bonds is 3. The molecular weight excluding hydrogens is 274 g/mol. The Morgan fingerprint density at radius 3 is 3.00 bits per heavy atom. The zero-order valence-electron chi connectivity index (χ0n) is 10.9. The van der Waals surface area contributed by atoms with Gasteiger partial charge in [0, 0.05) is 24.2 Å². The standard InChI is InChI=1S/C15H15NO3S/c17-14-6-5-10(15(18)19)7-16(14)8-11-9-20-13-4-2-1-3-12(11)13/h1-4,9-10H,5-8H2,(H,18,19). The van der Waals surface area contributed by atoms with Crippen molar-refractivity contribution < 1.29 is 14.7 Å². The first-order valence-electron chi connectivity index (χ1n) is 6.61. The van der Waals surface area contributed by atoms with Gasteiger partial charge in [-0.15, -0.1) is 11.3 Å². The molecule has 1 unspecified atom stereocenters. The summed E-state index contributed by atoms with van der Waals surface area (Å²) in [7, 11) is 0. The highest BCUT2D eigenvalue weighted by Crippen LogP contribution is 2.28. The van der Waals surface area contributed by atoms with Gasteiger partial charge in [-0.3, -0.25) is 9.59 Å². The van der Waals surface area contributed by atoms with Gasteiger partial charge in [-0.2, -0.15) is 0 Å². The fourth-order valence-electron chi connectivity index (χ4n) is 2.63. The van der Waals surface area contributed by atoms with Gasteiger partial charge in [0.2, 0.25) is 5.91 Å². The van der Waals surface area contributed by atoms with Gasteiger partial charge in [0.15, 0.2) is 0 Å². The van der Waals surface area contributed by atoms with E-state index in [4.69, 9.17) is 5.11 Å². The minimum absolute atomic E-state index is 0.0535. The lowest BCUT2D eigenvalue weighted by Gasteiger charge is -2.30. The van der Waals surface area contributed by atoms with Crippen LogP contribution in [0.25, 0.3) is 10.1 Å². The summed E-state index contributed by atoms with van der Waals surface area (Å²) in [5.41, 5.74) is 1.10. The highest BCUT2D eigenvalue weighted by Gasteiger charge is 2.30. The van der Waals surface area contributed by atoms with Crippen LogP contribution in [0.5, 0.6) is 0 Å². The van der Waals surface area contributed by atoms with E-state index >= 15 is 0 Å². The Morgan fingerprint density at radius 1 is 1.40 bits per heavy atom. The summed E-state index contributed by atoms with van der Waals surface area (Å²) in [6.07, 6.45) is 0.786. The Labute approximate surface area is 120 Å². The van der Waals surface area contributed by atoms with E-state index in [2.05, 4.69) is 11.4 Å². The molecule has 0 bridgehead atoms. The van der Waals surface area contributed by atoms with Gasteiger partial charge < -0.3 is 10.0 Å². The van der Waals surface area contributed by atoms with Crippen molar-refractivity contribution in [2.45, 2.75) is 19.4 Å². The predicted molar refractivity (Wildman–Crippen MR) is 77.6 cm³/mol. The molecule has 1 aliphatic rings. The molecule has 1 atom stereocenters. The van der Waals surface area contributed by atoms with Crippen molar-refractivity contribution in [3.8, 4) is 0 Å². The first kappa shape index (κ1) is 13.1. The van der Waals surface area contributed by atoms with Gasteiger partial charge in [0.25, 0.3) is 0 Å². The van der Waals surface area contributed by atoms with Crippen LogP contribution in [0.2, 0.25) is 0 Å². The lowest BCUT2D eigenvalue weighted by molar-refractivity contribution is -0.147. The number of thiophene rings is 1. The SMILES string of the molecule is O=C(O)C1CCC(=O)N(Cc2csc3ccccc23)C1. The normalized spacial score (nSPS) is 19.5. The van der Waals surface area contributed by atoms with Crippen LogP contribution in [0.4, 0.5) is 0 Å². The molecule has 4 nitrogen and oxygen atoms in total. The molecule has 3 rings (SSSR count). The molecule has 1 amide bonds. The summed E-state index contributed by atoms with van der Waals surface area (Å²) in [6, 6.07) is 8.08. The van der Waals surface area contributed by atoms with Crippen LogP contribution >= 0.6 is 11.3 Å². The van der Waals surface area contributed by atoms with Crippen molar-refractivity contribution >= 4 is 33.3 Å². The number of aliphatic carboxylic acids is 1. The van der Waals surface area contributed by atoms with Crippen molar-refractivity contribution in [1.29, 1.82) is 0 Å². The van der Waals surface area contributed by atoms with Crippen LogP contribution in [0, 0.1) is 5.92 Å². The third-order valence-corrected chi connectivity index (χ3v) is 4.78. The first-order valence-corrected chi connectivity index (χ1v) is 7.49. The number of carbonyl (C=O) groups excluding carboxylic acids is 1. The summed E-state index contributed by atoms with van der Waals surface area (Å²) in [5, 5.41) is 12.3. The Hall–Kier alpha value is -1.88. The zero-order valence-corrected chi connectivity index (χ0v) is 11.7. The number of piperidine rings is 1. The number of hydrogen-bond acceptors (Lipinski definition) is 3. The minimum atomic E-state index is -0.808. The molecule has 0 spiro atoms. The molecule has 0 saturated carbocycles. The number of benzene rings is 1. The average molecular weight is 289 g/mol. The van der Waals surface area contributed by atoms with E-state index in [0.29, 0.717) is 25.9 Å². The van der Waals surface area contributed by atoms with E-state index in [1.807, 2.05) is 18.2 Å². The number of carboxylic acids is 1. The number of carboxylic acid groups (broad SMARTS) is 1. The molecule has 1 aliphatic heterocycles. The molecule has 20 heavy (non-hydrogen) atoms. The molecule has 1 aromatic heterocycles. The van der Waals surface area contributed by atoms with Gasteiger partial charge in [0.05, 0.1) is 5.92 Å². The Bertz CT molecular complexity index is 664. The van der Waals surface area contributed by atoms with Crippen LogP contribution in [0.1, 0.15) is 18.4 Å². The number of fused-ring (bicyclic) bond motifs is 1. The molecule has 2 heterocycles. The van der Waals surface area contributed by atoms with Gasteiger partial charge in [0.1, 0.15) is 0 Å². The van der Waals surface area contributed by atoms with Gasteiger partial charge in [-0.1, -0.05) is 18.2 Å². The topological polar surface area (TPSA) is 57.6 Å². The van der Waals surface area contributed by atoms with Crippen molar-refractivity contribution in [2.75, 3.05) is 6.54 Å². The summed E-state index contributed by atoms with van der Waals surface area (Å²) in [5.74, 6) is -1.19.